The Hall–Kier alpha value is -3.10. The molecule has 3 rings (SSSR count). The molecule has 2 aliphatic rings. The van der Waals surface area contributed by atoms with Gasteiger partial charge in [-0.1, -0.05) is 0 Å². The molecule has 9 nitrogen and oxygen atoms in total. The molecule has 1 aromatic rings. The average Bonchev–Trinajstić information content (AvgIpc) is 3.14. The van der Waals surface area contributed by atoms with E-state index >= 15 is 0 Å². The van der Waals surface area contributed by atoms with Crippen LogP contribution in [-0.4, -0.2) is 55.5 Å². The molecule has 3 amide bonds. The van der Waals surface area contributed by atoms with Crippen LogP contribution in [0, 0.1) is 0 Å². The van der Waals surface area contributed by atoms with Gasteiger partial charge in [-0.2, -0.15) is 0 Å². The minimum atomic E-state index is -0.678. The van der Waals surface area contributed by atoms with Crippen molar-refractivity contribution in [1.29, 1.82) is 0 Å². The molecule has 28 heavy (non-hydrogen) atoms. The number of amides is 3. The Labute approximate surface area is 162 Å². The maximum absolute atomic E-state index is 12.2. The van der Waals surface area contributed by atoms with Gasteiger partial charge in [0.05, 0.1) is 23.5 Å². The van der Waals surface area contributed by atoms with Crippen molar-refractivity contribution in [3.63, 3.8) is 0 Å². The van der Waals surface area contributed by atoms with Crippen LogP contribution in [0.5, 0.6) is 0 Å². The summed E-state index contributed by atoms with van der Waals surface area (Å²) < 4.78 is 5.00. The Kier molecular flexibility index (Phi) is 5.81. The van der Waals surface area contributed by atoms with E-state index in [4.69, 9.17) is 4.74 Å². The van der Waals surface area contributed by atoms with E-state index in [9.17, 15) is 19.2 Å². The quantitative estimate of drug-likeness (QED) is 0.608. The van der Waals surface area contributed by atoms with Crippen molar-refractivity contribution < 1.29 is 23.9 Å². The lowest BCUT2D eigenvalue weighted by atomic mass is 10.1. The third-order valence-electron chi connectivity index (χ3n) is 4.59. The molecule has 2 heterocycles. The van der Waals surface area contributed by atoms with Crippen molar-refractivity contribution in [2.24, 2.45) is 0 Å². The number of esters is 1. The average molecular weight is 388 g/mol. The highest BCUT2D eigenvalue weighted by molar-refractivity contribution is 6.05. The fourth-order valence-electron chi connectivity index (χ4n) is 3.37. The van der Waals surface area contributed by atoms with Gasteiger partial charge in [0.15, 0.2) is 6.61 Å². The van der Waals surface area contributed by atoms with E-state index in [1.54, 1.807) is 18.2 Å². The van der Waals surface area contributed by atoms with Gasteiger partial charge in [0.1, 0.15) is 6.04 Å². The van der Waals surface area contributed by atoms with E-state index < -0.39 is 18.5 Å². The monoisotopic (exact) mass is 388 g/mol. The first-order valence-electron chi connectivity index (χ1n) is 9.30. The summed E-state index contributed by atoms with van der Waals surface area (Å²) in [5.74, 6) is -1.64. The molecule has 0 aromatic heterocycles. The summed E-state index contributed by atoms with van der Waals surface area (Å²) in [5, 5.41) is 7.85. The van der Waals surface area contributed by atoms with E-state index in [1.807, 2.05) is 18.7 Å². The van der Waals surface area contributed by atoms with Gasteiger partial charge >= 0.3 is 5.97 Å². The number of anilines is 2. The summed E-state index contributed by atoms with van der Waals surface area (Å²) in [5.41, 5.74) is 1.68. The summed E-state index contributed by atoms with van der Waals surface area (Å²) in [6.07, 6.45) is 1.77. The summed E-state index contributed by atoms with van der Waals surface area (Å²) in [4.78, 5) is 49.7. The molecule has 0 spiro atoms. The van der Waals surface area contributed by atoms with Crippen LogP contribution in [0.4, 0.5) is 11.4 Å². The number of benzene rings is 1. The standard InChI is InChI=1S/C19H24N4O5/c1-11(2)21-16(24)9-20-17(25)10-28-19(27)12-5-6-14-13(8-12)22-18(26)15-4-3-7-23(14)15/h5-6,8,11,15H,3-4,7,9-10H2,1-2H3,(H,20,25)(H,21,24)(H,22,26)/t15-/m1/s1. The molecule has 3 N–H and O–H groups in total. The second-order valence-electron chi connectivity index (χ2n) is 7.15. The molecule has 2 aliphatic heterocycles. The number of rotatable bonds is 6. The molecule has 1 atom stereocenters. The lowest BCUT2D eigenvalue weighted by Gasteiger charge is -2.33. The van der Waals surface area contributed by atoms with E-state index in [0.29, 0.717) is 5.69 Å². The highest BCUT2D eigenvalue weighted by atomic mass is 16.5. The third kappa shape index (κ3) is 4.41. The van der Waals surface area contributed by atoms with Crippen molar-refractivity contribution >= 4 is 35.1 Å². The number of hydrogen-bond donors (Lipinski definition) is 3. The largest absolute Gasteiger partial charge is 0.452 e. The lowest BCUT2D eigenvalue weighted by molar-refractivity contribution is -0.128. The van der Waals surface area contributed by atoms with Crippen molar-refractivity contribution in [3.8, 4) is 0 Å². The van der Waals surface area contributed by atoms with Crippen molar-refractivity contribution in [1.82, 2.24) is 10.6 Å². The Morgan fingerprint density at radius 2 is 2.07 bits per heavy atom. The fourth-order valence-corrected chi connectivity index (χ4v) is 3.37. The van der Waals surface area contributed by atoms with Gasteiger partial charge in [-0.15, -0.1) is 0 Å². The highest BCUT2D eigenvalue weighted by Gasteiger charge is 2.36. The summed E-state index contributed by atoms with van der Waals surface area (Å²) in [6.45, 7) is 3.75. The van der Waals surface area contributed by atoms with Gasteiger partial charge in [-0.05, 0) is 44.9 Å². The zero-order chi connectivity index (χ0) is 20.3. The normalized spacial score (nSPS) is 17.5. The minimum Gasteiger partial charge on any atom is -0.452 e. The van der Waals surface area contributed by atoms with Crippen LogP contribution in [0.3, 0.4) is 0 Å². The molecule has 9 heteroatoms. The Morgan fingerprint density at radius 3 is 2.82 bits per heavy atom. The second-order valence-corrected chi connectivity index (χ2v) is 7.15. The zero-order valence-electron chi connectivity index (χ0n) is 15.9. The molecule has 0 bridgehead atoms. The molecule has 0 unspecified atom stereocenters. The van der Waals surface area contributed by atoms with E-state index in [0.717, 1.165) is 25.1 Å². The van der Waals surface area contributed by atoms with Gasteiger partial charge in [-0.3, -0.25) is 14.4 Å². The van der Waals surface area contributed by atoms with Crippen molar-refractivity contribution in [2.75, 3.05) is 29.9 Å². The van der Waals surface area contributed by atoms with Gasteiger partial charge in [0, 0.05) is 12.6 Å². The number of fused-ring (bicyclic) bond motifs is 3. The van der Waals surface area contributed by atoms with E-state index in [1.165, 1.54) is 0 Å². The maximum Gasteiger partial charge on any atom is 0.338 e. The Balaban J connectivity index is 1.54. The lowest BCUT2D eigenvalue weighted by Crippen LogP contribution is -2.43. The van der Waals surface area contributed by atoms with Crippen LogP contribution in [0.1, 0.15) is 37.0 Å². The SMILES string of the molecule is CC(C)NC(=O)CNC(=O)COC(=O)c1ccc2c(c1)NC(=O)[C@H]1CCCN21. The smallest absolute Gasteiger partial charge is 0.338 e. The highest BCUT2D eigenvalue weighted by Crippen LogP contribution is 2.37. The molecule has 0 radical (unpaired) electrons. The molecular formula is C19H24N4O5. The molecular weight excluding hydrogens is 364 g/mol. The van der Waals surface area contributed by atoms with Gasteiger partial charge in [0.25, 0.3) is 5.91 Å². The molecule has 0 saturated carbocycles. The predicted molar refractivity (Wildman–Crippen MR) is 102 cm³/mol. The van der Waals surface area contributed by atoms with Crippen molar-refractivity contribution in [2.45, 2.75) is 38.8 Å². The molecule has 1 fully saturated rings. The van der Waals surface area contributed by atoms with E-state index in [2.05, 4.69) is 16.0 Å². The topological polar surface area (TPSA) is 117 Å². The molecule has 0 aliphatic carbocycles. The number of nitrogens with one attached hydrogen (secondary N) is 3. The number of ether oxygens (including phenoxy) is 1. The van der Waals surface area contributed by atoms with Crippen LogP contribution < -0.4 is 20.9 Å². The Bertz CT molecular complexity index is 808. The van der Waals surface area contributed by atoms with Crippen LogP contribution >= 0.6 is 0 Å². The number of nitrogens with zero attached hydrogens (tertiary/aromatic N) is 1. The van der Waals surface area contributed by atoms with Crippen LogP contribution in [0.25, 0.3) is 0 Å². The van der Waals surface area contributed by atoms with Gasteiger partial charge < -0.3 is 25.6 Å². The van der Waals surface area contributed by atoms with Crippen LogP contribution in [0.2, 0.25) is 0 Å². The summed E-state index contributed by atoms with van der Waals surface area (Å²) >= 11 is 0. The van der Waals surface area contributed by atoms with Crippen LogP contribution in [-0.2, 0) is 19.1 Å². The van der Waals surface area contributed by atoms with Crippen molar-refractivity contribution in [3.05, 3.63) is 23.8 Å². The first kappa shape index (κ1) is 19.7. The Morgan fingerprint density at radius 1 is 1.29 bits per heavy atom. The molecule has 150 valence electrons. The zero-order valence-corrected chi connectivity index (χ0v) is 15.9. The maximum atomic E-state index is 12.2. The summed E-state index contributed by atoms with van der Waals surface area (Å²) in [6, 6.07) is 4.77. The summed E-state index contributed by atoms with van der Waals surface area (Å²) in [7, 11) is 0. The third-order valence-corrected chi connectivity index (χ3v) is 4.59. The van der Waals surface area contributed by atoms with Gasteiger partial charge in [-0.25, -0.2) is 4.79 Å². The van der Waals surface area contributed by atoms with Gasteiger partial charge in [0.2, 0.25) is 11.8 Å². The number of carbonyl (C=O) groups excluding carboxylic acids is 4. The predicted octanol–water partition coefficient (Wildman–Crippen LogP) is 0.405. The molecule has 1 saturated heterocycles. The fraction of sp³-hybridized carbons (Fsp3) is 0.474. The molecule has 1 aromatic carbocycles. The number of carbonyl (C=O) groups is 4. The first-order valence-corrected chi connectivity index (χ1v) is 9.30. The second kappa shape index (κ2) is 8.28. The first-order chi connectivity index (χ1) is 13.3. The minimum absolute atomic E-state index is 0.0254. The van der Waals surface area contributed by atoms with Crippen LogP contribution in [0.15, 0.2) is 18.2 Å². The van der Waals surface area contributed by atoms with E-state index in [-0.39, 0.29) is 36.0 Å². The number of hydrogen-bond acceptors (Lipinski definition) is 6.